The van der Waals surface area contributed by atoms with Crippen LogP contribution < -0.4 is 14.8 Å². The van der Waals surface area contributed by atoms with Crippen molar-refractivity contribution in [2.45, 2.75) is 25.7 Å². The van der Waals surface area contributed by atoms with E-state index in [1.807, 2.05) is 0 Å². The van der Waals surface area contributed by atoms with Crippen LogP contribution in [0, 0.1) is 5.92 Å². The molecular formula is C15H20BrNO2. The fourth-order valence-corrected chi connectivity index (χ4v) is 3.28. The highest BCUT2D eigenvalue weighted by Crippen LogP contribution is 2.41. The van der Waals surface area contributed by atoms with Gasteiger partial charge in [-0.05, 0) is 65.8 Å². The van der Waals surface area contributed by atoms with Crippen molar-refractivity contribution in [2.24, 2.45) is 5.92 Å². The van der Waals surface area contributed by atoms with E-state index in [-0.39, 0.29) is 0 Å². The molecule has 0 radical (unpaired) electrons. The Labute approximate surface area is 122 Å². The summed E-state index contributed by atoms with van der Waals surface area (Å²) in [6.45, 7) is 3.76. The summed E-state index contributed by atoms with van der Waals surface area (Å²) < 4.78 is 12.7. The van der Waals surface area contributed by atoms with Crippen LogP contribution in [-0.2, 0) is 6.42 Å². The molecule has 3 rings (SSSR count). The van der Waals surface area contributed by atoms with E-state index in [9.17, 15) is 0 Å². The minimum atomic E-state index is 0.714. The molecule has 2 aliphatic heterocycles. The number of fused-ring (bicyclic) bond motifs is 1. The quantitative estimate of drug-likeness (QED) is 0.906. The number of benzene rings is 1. The van der Waals surface area contributed by atoms with Crippen LogP contribution in [0.3, 0.4) is 0 Å². The van der Waals surface area contributed by atoms with Gasteiger partial charge in [0, 0.05) is 6.42 Å². The van der Waals surface area contributed by atoms with Gasteiger partial charge in [-0.3, -0.25) is 0 Å². The van der Waals surface area contributed by atoms with E-state index >= 15 is 0 Å². The van der Waals surface area contributed by atoms with Gasteiger partial charge in [0.25, 0.3) is 0 Å². The van der Waals surface area contributed by atoms with Crippen LogP contribution in [0.4, 0.5) is 0 Å². The summed E-state index contributed by atoms with van der Waals surface area (Å²) in [5.74, 6) is 2.56. The number of piperidine rings is 1. The van der Waals surface area contributed by atoms with Crippen molar-refractivity contribution in [1.82, 2.24) is 5.32 Å². The van der Waals surface area contributed by atoms with Crippen molar-refractivity contribution >= 4 is 15.9 Å². The molecule has 0 aromatic heterocycles. The number of nitrogens with one attached hydrogen (secondary N) is 1. The Balaban J connectivity index is 1.84. The maximum absolute atomic E-state index is 5.93. The normalized spacial score (nSPS) is 22.9. The molecule has 1 aromatic rings. The second-order valence-electron chi connectivity index (χ2n) is 5.33. The third-order valence-electron chi connectivity index (χ3n) is 3.83. The van der Waals surface area contributed by atoms with E-state index in [1.54, 1.807) is 0 Å². The summed E-state index contributed by atoms with van der Waals surface area (Å²) >= 11 is 3.56. The van der Waals surface area contributed by atoms with Gasteiger partial charge in [-0.1, -0.05) is 6.07 Å². The van der Waals surface area contributed by atoms with Gasteiger partial charge in [-0.15, -0.1) is 0 Å². The minimum Gasteiger partial charge on any atom is -0.489 e. The van der Waals surface area contributed by atoms with Gasteiger partial charge in [0.05, 0.1) is 17.7 Å². The van der Waals surface area contributed by atoms with Crippen molar-refractivity contribution in [1.29, 1.82) is 0 Å². The second kappa shape index (κ2) is 6.14. The highest BCUT2D eigenvalue weighted by molar-refractivity contribution is 9.10. The zero-order chi connectivity index (χ0) is 13.1. The monoisotopic (exact) mass is 325 g/mol. The predicted molar refractivity (Wildman–Crippen MR) is 79.0 cm³/mol. The number of rotatable bonds is 2. The summed E-state index contributed by atoms with van der Waals surface area (Å²) in [4.78, 5) is 0. The van der Waals surface area contributed by atoms with Gasteiger partial charge >= 0.3 is 0 Å². The van der Waals surface area contributed by atoms with Gasteiger partial charge in [0.1, 0.15) is 0 Å². The van der Waals surface area contributed by atoms with E-state index in [2.05, 4.69) is 33.4 Å². The molecule has 3 nitrogen and oxygen atoms in total. The van der Waals surface area contributed by atoms with Crippen molar-refractivity contribution in [2.75, 3.05) is 26.3 Å². The van der Waals surface area contributed by atoms with Gasteiger partial charge in [0.15, 0.2) is 11.5 Å². The molecule has 104 valence electrons. The highest BCUT2D eigenvalue weighted by atomic mass is 79.9. The van der Waals surface area contributed by atoms with Gasteiger partial charge in [-0.25, -0.2) is 0 Å². The summed E-state index contributed by atoms with van der Waals surface area (Å²) in [5, 5.41) is 3.48. The van der Waals surface area contributed by atoms with Crippen LogP contribution >= 0.6 is 15.9 Å². The average molecular weight is 326 g/mol. The summed E-state index contributed by atoms with van der Waals surface area (Å²) in [6.07, 6.45) is 4.61. The van der Waals surface area contributed by atoms with Crippen LogP contribution in [0.5, 0.6) is 11.5 Å². The average Bonchev–Trinajstić information content (AvgIpc) is 2.70. The Morgan fingerprint density at radius 2 is 2.00 bits per heavy atom. The fraction of sp³-hybridized carbons (Fsp3) is 0.600. The SMILES string of the molecule is Brc1ccc(CC2CCCNC2)c2c1OCCCO2. The number of hydrogen-bond donors (Lipinski definition) is 1. The van der Waals surface area contributed by atoms with Crippen LogP contribution in [-0.4, -0.2) is 26.3 Å². The fourth-order valence-electron chi connectivity index (χ4n) is 2.85. The van der Waals surface area contributed by atoms with Crippen LogP contribution in [0.25, 0.3) is 0 Å². The van der Waals surface area contributed by atoms with E-state index in [1.165, 1.54) is 18.4 Å². The molecule has 2 heterocycles. The van der Waals surface area contributed by atoms with Crippen LogP contribution in [0.15, 0.2) is 16.6 Å². The molecule has 1 fully saturated rings. The molecule has 0 aliphatic carbocycles. The molecule has 2 aliphatic rings. The molecule has 1 N–H and O–H groups in total. The first-order chi connectivity index (χ1) is 9.34. The Morgan fingerprint density at radius 3 is 2.79 bits per heavy atom. The first-order valence-electron chi connectivity index (χ1n) is 7.12. The maximum atomic E-state index is 5.93. The number of ether oxygens (including phenoxy) is 2. The Bertz CT molecular complexity index is 444. The van der Waals surface area contributed by atoms with E-state index in [0.29, 0.717) is 5.92 Å². The maximum Gasteiger partial charge on any atom is 0.175 e. The third kappa shape index (κ3) is 3.06. The van der Waals surface area contributed by atoms with Crippen molar-refractivity contribution in [3.05, 3.63) is 22.2 Å². The van der Waals surface area contributed by atoms with Crippen LogP contribution in [0.1, 0.15) is 24.8 Å². The molecule has 1 atom stereocenters. The summed E-state index contributed by atoms with van der Waals surface area (Å²) in [5.41, 5.74) is 1.29. The zero-order valence-electron chi connectivity index (χ0n) is 11.1. The lowest BCUT2D eigenvalue weighted by atomic mass is 9.92. The Hall–Kier alpha value is -0.740. The van der Waals surface area contributed by atoms with Crippen LogP contribution in [0.2, 0.25) is 0 Å². The topological polar surface area (TPSA) is 30.5 Å². The first kappa shape index (κ1) is 13.3. The lowest BCUT2D eigenvalue weighted by molar-refractivity contribution is 0.294. The van der Waals surface area contributed by atoms with E-state index < -0.39 is 0 Å². The standard InChI is InChI=1S/C15H20BrNO2/c16-13-5-4-12(9-11-3-1-6-17-10-11)14-15(13)19-8-2-7-18-14/h4-5,11,17H,1-3,6-10H2. The molecule has 0 bridgehead atoms. The lowest BCUT2D eigenvalue weighted by Gasteiger charge is -2.24. The molecule has 0 spiro atoms. The van der Waals surface area contributed by atoms with Gasteiger partial charge < -0.3 is 14.8 Å². The molecule has 19 heavy (non-hydrogen) atoms. The molecule has 1 unspecified atom stereocenters. The summed E-state index contributed by atoms with van der Waals surface area (Å²) in [7, 11) is 0. The molecule has 4 heteroatoms. The second-order valence-corrected chi connectivity index (χ2v) is 6.19. The lowest BCUT2D eigenvalue weighted by Crippen LogP contribution is -2.30. The Kier molecular flexibility index (Phi) is 4.28. The molecule has 0 amide bonds. The Morgan fingerprint density at radius 1 is 1.16 bits per heavy atom. The van der Waals surface area contributed by atoms with E-state index in [4.69, 9.17) is 9.47 Å². The largest absolute Gasteiger partial charge is 0.489 e. The van der Waals surface area contributed by atoms with Crippen molar-refractivity contribution < 1.29 is 9.47 Å². The van der Waals surface area contributed by atoms with Crippen molar-refractivity contribution in [3.8, 4) is 11.5 Å². The number of hydrogen-bond acceptors (Lipinski definition) is 3. The highest BCUT2D eigenvalue weighted by Gasteiger charge is 2.21. The minimum absolute atomic E-state index is 0.714. The molecule has 0 saturated carbocycles. The van der Waals surface area contributed by atoms with Gasteiger partial charge in [0.2, 0.25) is 0 Å². The molecule has 1 aromatic carbocycles. The zero-order valence-corrected chi connectivity index (χ0v) is 12.7. The molecule has 1 saturated heterocycles. The van der Waals surface area contributed by atoms with Gasteiger partial charge in [-0.2, -0.15) is 0 Å². The molecular weight excluding hydrogens is 306 g/mol. The summed E-state index contributed by atoms with van der Waals surface area (Å²) in [6, 6.07) is 4.26. The smallest absolute Gasteiger partial charge is 0.175 e. The van der Waals surface area contributed by atoms with E-state index in [0.717, 1.165) is 55.1 Å². The van der Waals surface area contributed by atoms with Crippen molar-refractivity contribution in [3.63, 3.8) is 0 Å². The number of halogens is 1. The first-order valence-corrected chi connectivity index (χ1v) is 7.91. The predicted octanol–water partition coefficient (Wildman–Crippen LogP) is 3.15. The third-order valence-corrected chi connectivity index (χ3v) is 4.46.